The third kappa shape index (κ3) is 3.18. The van der Waals surface area contributed by atoms with Gasteiger partial charge in [0.1, 0.15) is 12.6 Å². The van der Waals surface area contributed by atoms with E-state index in [1.54, 1.807) is 0 Å². The van der Waals surface area contributed by atoms with Crippen molar-refractivity contribution in [1.29, 1.82) is 0 Å². The van der Waals surface area contributed by atoms with Crippen molar-refractivity contribution < 1.29 is 8.98 Å². The molecule has 0 atom stereocenters. The molecule has 6 aromatic carbocycles. The monoisotopic (exact) mass is 614 g/mol. The molecule has 0 N–H and O–H groups in total. The summed E-state index contributed by atoms with van der Waals surface area (Å²) in [7, 11) is 2.11. The average Bonchev–Trinajstić information content (AvgIpc) is 3.68. The van der Waals surface area contributed by atoms with Crippen LogP contribution in [0.3, 0.4) is 0 Å². The molecule has 0 amide bonds. The van der Waals surface area contributed by atoms with Crippen molar-refractivity contribution >= 4 is 83.9 Å². The van der Waals surface area contributed by atoms with Gasteiger partial charge in [0, 0.05) is 50.7 Å². The number of hydrogen-bond acceptors (Lipinski definition) is 2. The summed E-state index contributed by atoms with van der Waals surface area (Å²) in [6.45, 7) is 2.24. The predicted molar refractivity (Wildman–Crippen MR) is 199 cm³/mol. The van der Waals surface area contributed by atoms with Gasteiger partial charge in [0.25, 0.3) is 6.71 Å². The lowest BCUT2D eigenvalue weighted by atomic mass is 9.34. The van der Waals surface area contributed by atoms with Crippen LogP contribution in [0.2, 0.25) is 0 Å². The molecule has 5 heteroatoms. The second kappa shape index (κ2) is 9.27. The standard InChI is InChI=1S/C43H29BN3O/c1-26-19-20-30-31-21-23-33-41(43(31)48-42(30)38(26)36-18-10-11-25-45(36)2)47-34-16-8-6-14-28(34)29-22-24-37-39(40(29)47)44(33)32-15-7-9-17-35(32)46(37)27-12-4-3-5-13-27/h3-25H,1-2H3/q+1. The number of aryl methyl sites for hydroxylation is 2. The highest BCUT2D eigenvalue weighted by Crippen LogP contribution is 2.45. The van der Waals surface area contributed by atoms with Gasteiger partial charge in [0.2, 0.25) is 5.69 Å². The van der Waals surface area contributed by atoms with Gasteiger partial charge in [-0.2, -0.15) is 0 Å². The minimum atomic E-state index is 0.0532. The van der Waals surface area contributed by atoms with Crippen LogP contribution in [0.5, 0.6) is 0 Å². The molecule has 2 aliphatic rings. The van der Waals surface area contributed by atoms with Crippen LogP contribution in [0, 0.1) is 6.92 Å². The Morgan fingerprint density at radius 1 is 0.604 bits per heavy atom. The van der Waals surface area contributed by atoms with Crippen LogP contribution in [0.1, 0.15) is 5.56 Å². The molecule has 9 aromatic rings. The second-order valence-electron chi connectivity index (χ2n) is 13.2. The fourth-order valence-electron chi connectivity index (χ4n) is 8.75. The topological polar surface area (TPSA) is 25.2 Å². The first-order valence-corrected chi connectivity index (χ1v) is 16.6. The summed E-state index contributed by atoms with van der Waals surface area (Å²) < 4.78 is 11.9. The van der Waals surface area contributed by atoms with Crippen LogP contribution in [-0.2, 0) is 7.05 Å². The van der Waals surface area contributed by atoms with Gasteiger partial charge in [-0.3, -0.25) is 0 Å². The maximum absolute atomic E-state index is 7.21. The first kappa shape index (κ1) is 26.1. The Balaban J connectivity index is 1.33. The van der Waals surface area contributed by atoms with E-state index in [0.717, 1.165) is 44.6 Å². The molecule has 0 saturated carbocycles. The molecule has 48 heavy (non-hydrogen) atoms. The number of aromatic nitrogens is 2. The molecule has 0 bridgehead atoms. The zero-order valence-electron chi connectivity index (χ0n) is 26.6. The third-order valence-electron chi connectivity index (χ3n) is 10.8. The first-order valence-electron chi connectivity index (χ1n) is 16.6. The van der Waals surface area contributed by atoms with Gasteiger partial charge in [0.15, 0.2) is 11.8 Å². The molecule has 0 unspecified atom stereocenters. The molecular weight excluding hydrogens is 585 g/mol. The van der Waals surface area contributed by atoms with Crippen molar-refractivity contribution in [3.8, 4) is 16.9 Å². The lowest BCUT2D eigenvalue weighted by Gasteiger charge is -2.39. The molecular formula is C43H29BN3O+. The second-order valence-corrected chi connectivity index (χ2v) is 13.2. The SMILES string of the molecule is Cc1ccc2c(oc3c4c(ccc32)B2c3ccccc3N(c3ccccc3)c3ccc5c6ccccc6n-4c5c32)c1-c1cccc[n+]1C. The highest BCUT2D eigenvalue weighted by Gasteiger charge is 2.43. The lowest BCUT2D eigenvalue weighted by Crippen LogP contribution is -2.60. The van der Waals surface area contributed by atoms with E-state index in [-0.39, 0.29) is 6.71 Å². The zero-order valence-corrected chi connectivity index (χ0v) is 26.6. The highest BCUT2D eigenvalue weighted by atomic mass is 16.3. The van der Waals surface area contributed by atoms with Crippen LogP contribution in [0.4, 0.5) is 17.1 Å². The fourth-order valence-corrected chi connectivity index (χ4v) is 8.75. The normalized spacial score (nSPS) is 13.1. The Labute approximate surface area is 277 Å². The van der Waals surface area contributed by atoms with Gasteiger partial charge in [-0.05, 0) is 65.3 Å². The summed E-state index contributed by atoms with van der Waals surface area (Å²) in [5, 5.41) is 4.81. The molecule has 3 aromatic heterocycles. The number of fused-ring (bicyclic) bond motifs is 12. The molecule has 11 rings (SSSR count). The van der Waals surface area contributed by atoms with Crippen molar-refractivity contribution in [3.05, 3.63) is 145 Å². The number of furan rings is 1. The highest BCUT2D eigenvalue weighted by molar-refractivity contribution is 7.00. The van der Waals surface area contributed by atoms with Crippen molar-refractivity contribution in [2.75, 3.05) is 4.90 Å². The summed E-state index contributed by atoms with van der Waals surface area (Å²) >= 11 is 0. The van der Waals surface area contributed by atoms with E-state index < -0.39 is 0 Å². The summed E-state index contributed by atoms with van der Waals surface area (Å²) in [6.07, 6.45) is 2.11. The lowest BCUT2D eigenvalue weighted by molar-refractivity contribution is -0.660. The van der Waals surface area contributed by atoms with Gasteiger partial charge in [0.05, 0.1) is 22.3 Å². The van der Waals surface area contributed by atoms with E-state index in [4.69, 9.17) is 4.42 Å². The van der Waals surface area contributed by atoms with E-state index in [0.29, 0.717) is 0 Å². The molecule has 0 saturated heterocycles. The summed E-state index contributed by atoms with van der Waals surface area (Å²) in [4.78, 5) is 2.45. The van der Waals surface area contributed by atoms with Gasteiger partial charge in [-0.1, -0.05) is 84.9 Å². The molecule has 5 heterocycles. The zero-order chi connectivity index (χ0) is 31.7. The van der Waals surface area contributed by atoms with Crippen molar-refractivity contribution in [3.63, 3.8) is 0 Å². The van der Waals surface area contributed by atoms with Crippen molar-refractivity contribution in [2.24, 2.45) is 7.05 Å². The van der Waals surface area contributed by atoms with Crippen LogP contribution >= 0.6 is 0 Å². The smallest absolute Gasteiger partial charge is 0.252 e. The van der Waals surface area contributed by atoms with Gasteiger partial charge >= 0.3 is 0 Å². The third-order valence-corrected chi connectivity index (χ3v) is 10.8. The number of benzene rings is 6. The van der Waals surface area contributed by atoms with E-state index in [1.807, 2.05) is 0 Å². The van der Waals surface area contributed by atoms with Gasteiger partial charge < -0.3 is 13.9 Å². The summed E-state index contributed by atoms with van der Waals surface area (Å²) in [5.41, 5.74) is 16.5. The quantitative estimate of drug-likeness (QED) is 0.145. The molecule has 0 aliphatic carbocycles. The minimum absolute atomic E-state index is 0.0532. The molecule has 0 spiro atoms. The largest absolute Gasteiger partial charge is 0.453 e. The average molecular weight is 615 g/mol. The Morgan fingerprint density at radius 2 is 1.35 bits per heavy atom. The number of anilines is 3. The molecule has 224 valence electrons. The Morgan fingerprint density at radius 3 is 2.25 bits per heavy atom. The van der Waals surface area contributed by atoms with Crippen LogP contribution in [-0.4, -0.2) is 11.3 Å². The van der Waals surface area contributed by atoms with E-state index in [2.05, 4.69) is 168 Å². The van der Waals surface area contributed by atoms with Gasteiger partial charge in [-0.25, -0.2) is 4.57 Å². The Bertz CT molecular complexity index is 2830. The van der Waals surface area contributed by atoms with E-state index >= 15 is 0 Å². The van der Waals surface area contributed by atoms with E-state index in [9.17, 15) is 0 Å². The number of hydrogen-bond donors (Lipinski definition) is 0. The van der Waals surface area contributed by atoms with Crippen LogP contribution in [0.15, 0.2) is 144 Å². The first-order chi connectivity index (χ1) is 23.7. The summed E-state index contributed by atoms with van der Waals surface area (Å²) in [5.74, 6) is 0. The Kier molecular flexibility index (Phi) is 5.03. The number of nitrogens with zero attached hydrogens (tertiary/aromatic N) is 3. The molecule has 2 aliphatic heterocycles. The molecule has 0 radical (unpaired) electrons. The van der Waals surface area contributed by atoms with Crippen LogP contribution in [0.25, 0.3) is 60.7 Å². The number of para-hydroxylation sites is 3. The Hall–Kier alpha value is -6.07. The maximum Gasteiger partial charge on any atom is 0.252 e. The van der Waals surface area contributed by atoms with Crippen LogP contribution < -0.4 is 25.9 Å². The summed E-state index contributed by atoms with van der Waals surface area (Å²) in [6, 6.07) is 48.7. The maximum atomic E-state index is 7.21. The number of rotatable bonds is 2. The van der Waals surface area contributed by atoms with Gasteiger partial charge in [-0.15, -0.1) is 0 Å². The fraction of sp³-hybridized carbons (Fsp3) is 0.0465. The van der Waals surface area contributed by atoms with Crippen molar-refractivity contribution in [2.45, 2.75) is 6.92 Å². The minimum Gasteiger partial charge on any atom is -0.453 e. The van der Waals surface area contributed by atoms with E-state index in [1.165, 1.54) is 55.1 Å². The van der Waals surface area contributed by atoms with Crippen molar-refractivity contribution in [1.82, 2.24) is 4.57 Å². The predicted octanol–water partition coefficient (Wildman–Crippen LogP) is 8.10. The molecule has 4 nitrogen and oxygen atoms in total. The number of pyridine rings is 1. The molecule has 0 fully saturated rings.